The molecule has 2 aromatic heterocycles. The molecule has 0 bridgehead atoms. The molecule has 32 heavy (non-hydrogen) atoms. The molecule has 0 N–H and O–H groups in total. The second-order valence-electron chi connectivity index (χ2n) is 8.55. The number of aryl methyl sites for hydroxylation is 1. The number of likely N-dealkylation sites (tertiary alicyclic amines) is 1. The number of carbonyl (C=O) groups is 1. The summed E-state index contributed by atoms with van der Waals surface area (Å²) in [6, 6.07) is 5.95. The predicted octanol–water partition coefficient (Wildman–Crippen LogP) is 3.04. The number of halogens is 1. The fraction of sp³-hybridized carbons (Fsp3) is 0.478. The molecule has 1 amide bonds. The highest BCUT2D eigenvalue weighted by Gasteiger charge is 2.29. The Kier molecular flexibility index (Phi) is 5.73. The van der Waals surface area contributed by atoms with Crippen LogP contribution >= 0.6 is 0 Å². The quantitative estimate of drug-likeness (QED) is 0.609. The molecule has 3 aromatic rings. The summed E-state index contributed by atoms with van der Waals surface area (Å²) in [5, 5.41) is 8.65. The van der Waals surface area contributed by atoms with Crippen LogP contribution in [0, 0.1) is 5.82 Å². The molecular formula is C23H27FN6O2. The average molecular weight is 439 g/mol. The molecule has 0 radical (unpaired) electrons. The van der Waals surface area contributed by atoms with Gasteiger partial charge in [-0.15, -0.1) is 0 Å². The minimum Gasteiger partial charge on any atom is -0.338 e. The zero-order valence-corrected chi connectivity index (χ0v) is 18.3. The number of hydrogen-bond acceptors (Lipinski definition) is 6. The summed E-state index contributed by atoms with van der Waals surface area (Å²) >= 11 is 0. The Balaban J connectivity index is 1.32. The smallest absolute Gasteiger partial charge is 0.279 e. The van der Waals surface area contributed by atoms with E-state index < -0.39 is 0 Å². The first-order valence-corrected chi connectivity index (χ1v) is 11.2. The topological polar surface area (TPSA) is 80.3 Å². The zero-order valence-electron chi connectivity index (χ0n) is 18.3. The Morgan fingerprint density at radius 3 is 2.69 bits per heavy atom. The van der Waals surface area contributed by atoms with Crippen molar-refractivity contribution in [2.45, 2.75) is 38.6 Å². The van der Waals surface area contributed by atoms with Crippen LogP contribution in [0.3, 0.4) is 0 Å². The molecule has 168 valence electrons. The fourth-order valence-electron chi connectivity index (χ4n) is 4.61. The van der Waals surface area contributed by atoms with Crippen molar-refractivity contribution in [2.75, 3.05) is 26.2 Å². The summed E-state index contributed by atoms with van der Waals surface area (Å²) in [7, 11) is 1.90. The molecule has 2 aliphatic rings. The summed E-state index contributed by atoms with van der Waals surface area (Å²) in [6.07, 6.45) is 5.03. The molecule has 1 aromatic carbocycles. The van der Waals surface area contributed by atoms with E-state index in [9.17, 15) is 9.18 Å². The lowest BCUT2D eigenvalue weighted by molar-refractivity contribution is -0.132. The highest BCUT2D eigenvalue weighted by Crippen LogP contribution is 2.30. The van der Waals surface area contributed by atoms with Crippen molar-refractivity contribution in [3.63, 3.8) is 0 Å². The monoisotopic (exact) mass is 438 g/mol. The van der Waals surface area contributed by atoms with Crippen LogP contribution < -0.4 is 0 Å². The van der Waals surface area contributed by atoms with Crippen molar-refractivity contribution in [1.82, 2.24) is 29.7 Å². The third-order valence-electron chi connectivity index (χ3n) is 6.42. The first kappa shape index (κ1) is 20.8. The number of aromatic nitrogens is 4. The second-order valence-corrected chi connectivity index (χ2v) is 8.55. The van der Waals surface area contributed by atoms with E-state index in [2.05, 4.69) is 20.1 Å². The minimum atomic E-state index is -0.318. The van der Waals surface area contributed by atoms with Crippen molar-refractivity contribution >= 4 is 5.91 Å². The van der Waals surface area contributed by atoms with Crippen LogP contribution in [-0.2, 0) is 24.8 Å². The highest BCUT2D eigenvalue weighted by atomic mass is 19.1. The Labute approximate surface area is 186 Å². The molecular weight excluding hydrogens is 411 g/mol. The molecule has 2 aliphatic heterocycles. The third-order valence-corrected chi connectivity index (χ3v) is 6.42. The molecule has 0 unspecified atom stereocenters. The maximum Gasteiger partial charge on any atom is 0.279 e. The number of piperidine rings is 1. The zero-order chi connectivity index (χ0) is 22.1. The van der Waals surface area contributed by atoms with Gasteiger partial charge in [0.2, 0.25) is 11.7 Å². The maximum atomic E-state index is 13.2. The Hall–Kier alpha value is -3.07. The summed E-state index contributed by atoms with van der Waals surface area (Å²) in [5.41, 5.74) is 3.32. The van der Waals surface area contributed by atoms with Gasteiger partial charge >= 0.3 is 0 Å². The van der Waals surface area contributed by atoms with E-state index in [0.29, 0.717) is 42.5 Å². The first-order chi connectivity index (χ1) is 15.6. The van der Waals surface area contributed by atoms with Gasteiger partial charge in [0.15, 0.2) is 5.69 Å². The van der Waals surface area contributed by atoms with Crippen molar-refractivity contribution in [3.8, 4) is 23.0 Å². The van der Waals surface area contributed by atoms with E-state index in [-0.39, 0.29) is 11.7 Å². The SMILES string of the molecule is Cn1nc(-c2nc(-c3ccc(F)cc3)no2)c2c1CCN(C(=O)CCN1CCCCC1)C2. The highest BCUT2D eigenvalue weighted by molar-refractivity contribution is 5.77. The third kappa shape index (κ3) is 4.17. The lowest BCUT2D eigenvalue weighted by Crippen LogP contribution is -2.39. The van der Waals surface area contributed by atoms with Gasteiger partial charge in [0.1, 0.15) is 5.82 Å². The van der Waals surface area contributed by atoms with E-state index in [1.807, 2.05) is 16.6 Å². The molecule has 1 saturated heterocycles. The molecule has 4 heterocycles. The van der Waals surface area contributed by atoms with Crippen LogP contribution in [-0.4, -0.2) is 61.8 Å². The average Bonchev–Trinajstić information content (AvgIpc) is 3.43. The Bertz CT molecular complexity index is 1100. The van der Waals surface area contributed by atoms with E-state index in [0.717, 1.165) is 37.3 Å². The molecule has 0 spiro atoms. The van der Waals surface area contributed by atoms with Crippen LogP contribution in [0.2, 0.25) is 0 Å². The number of fused-ring (bicyclic) bond motifs is 1. The van der Waals surface area contributed by atoms with Gasteiger partial charge in [0.25, 0.3) is 5.89 Å². The van der Waals surface area contributed by atoms with E-state index in [4.69, 9.17) is 4.52 Å². The molecule has 0 atom stereocenters. The molecule has 5 rings (SSSR count). The standard InChI is InChI=1S/C23H27FN6O2/c1-28-19-9-14-30(20(31)10-13-29-11-3-2-4-12-29)15-18(19)21(26-28)23-25-22(27-32-23)16-5-7-17(24)8-6-16/h5-8H,2-4,9-15H2,1H3. The Morgan fingerprint density at radius 1 is 1.12 bits per heavy atom. The van der Waals surface area contributed by atoms with Gasteiger partial charge in [-0.05, 0) is 50.2 Å². The Morgan fingerprint density at radius 2 is 1.91 bits per heavy atom. The molecule has 1 fully saturated rings. The van der Waals surface area contributed by atoms with E-state index in [1.165, 1.54) is 31.4 Å². The summed E-state index contributed by atoms with van der Waals surface area (Å²) in [5.74, 6) is 0.545. The van der Waals surface area contributed by atoms with E-state index in [1.54, 1.807) is 12.1 Å². The van der Waals surface area contributed by atoms with Crippen LogP contribution in [0.5, 0.6) is 0 Å². The molecule has 9 heteroatoms. The van der Waals surface area contributed by atoms with Crippen molar-refractivity contribution in [2.24, 2.45) is 7.05 Å². The fourth-order valence-corrected chi connectivity index (χ4v) is 4.61. The van der Waals surface area contributed by atoms with Gasteiger partial charge in [-0.3, -0.25) is 9.48 Å². The maximum absolute atomic E-state index is 13.2. The minimum absolute atomic E-state index is 0.175. The van der Waals surface area contributed by atoms with Crippen LogP contribution in [0.25, 0.3) is 23.0 Å². The van der Waals surface area contributed by atoms with Gasteiger partial charge in [0, 0.05) is 56.3 Å². The largest absolute Gasteiger partial charge is 0.338 e. The van der Waals surface area contributed by atoms with Gasteiger partial charge in [-0.25, -0.2) is 4.39 Å². The van der Waals surface area contributed by atoms with Gasteiger partial charge in [0.05, 0.1) is 0 Å². The molecule has 8 nitrogen and oxygen atoms in total. The number of benzene rings is 1. The number of carbonyl (C=O) groups excluding carboxylic acids is 1. The first-order valence-electron chi connectivity index (χ1n) is 11.2. The summed E-state index contributed by atoms with van der Waals surface area (Å²) in [4.78, 5) is 21.7. The van der Waals surface area contributed by atoms with Gasteiger partial charge in [-0.1, -0.05) is 11.6 Å². The lowest BCUT2D eigenvalue weighted by atomic mass is 10.0. The van der Waals surface area contributed by atoms with Gasteiger partial charge < -0.3 is 14.3 Å². The number of nitrogens with zero attached hydrogens (tertiary/aromatic N) is 6. The van der Waals surface area contributed by atoms with Gasteiger partial charge in [-0.2, -0.15) is 10.1 Å². The second kappa shape index (κ2) is 8.82. The van der Waals surface area contributed by atoms with Crippen molar-refractivity contribution in [1.29, 1.82) is 0 Å². The molecule has 0 saturated carbocycles. The summed E-state index contributed by atoms with van der Waals surface area (Å²) in [6.45, 7) is 4.20. The van der Waals surface area contributed by atoms with E-state index >= 15 is 0 Å². The summed E-state index contributed by atoms with van der Waals surface area (Å²) < 4.78 is 20.5. The predicted molar refractivity (Wildman–Crippen MR) is 116 cm³/mol. The molecule has 0 aliphatic carbocycles. The van der Waals surface area contributed by atoms with Crippen molar-refractivity contribution in [3.05, 3.63) is 41.3 Å². The van der Waals surface area contributed by atoms with Crippen LogP contribution in [0.1, 0.15) is 36.9 Å². The van der Waals surface area contributed by atoms with Crippen molar-refractivity contribution < 1.29 is 13.7 Å². The number of rotatable bonds is 5. The number of amides is 1. The number of hydrogen-bond donors (Lipinski definition) is 0. The lowest BCUT2D eigenvalue weighted by Gasteiger charge is -2.30. The van der Waals surface area contributed by atoms with Crippen LogP contribution in [0.15, 0.2) is 28.8 Å². The van der Waals surface area contributed by atoms with Crippen LogP contribution in [0.4, 0.5) is 4.39 Å². The normalized spacial score (nSPS) is 16.9.